The molecule has 29 heavy (non-hydrogen) atoms. The lowest BCUT2D eigenvalue weighted by Crippen LogP contribution is -2.45. The van der Waals surface area contributed by atoms with Crippen molar-refractivity contribution in [2.45, 2.75) is 44.2 Å². The van der Waals surface area contributed by atoms with E-state index in [2.05, 4.69) is 11.9 Å². The van der Waals surface area contributed by atoms with Gasteiger partial charge in [-0.1, -0.05) is 67.1 Å². The Labute approximate surface area is 170 Å². The first-order valence-electron chi connectivity index (χ1n) is 9.60. The highest BCUT2D eigenvalue weighted by molar-refractivity contribution is 5.97. The molecular weight excluding hydrogens is 372 g/mol. The van der Waals surface area contributed by atoms with Gasteiger partial charge in [0.15, 0.2) is 11.6 Å². The summed E-state index contributed by atoms with van der Waals surface area (Å²) in [6.45, 7) is 0. The quantitative estimate of drug-likeness (QED) is 0.448. The minimum atomic E-state index is -1.50. The molecule has 3 rings (SSSR count). The average molecular weight is 398 g/mol. The maximum Gasteiger partial charge on any atom is 0.291 e. The fourth-order valence-electron chi connectivity index (χ4n) is 3.70. The van der Waals surface area contributed by atoms with Crippen molar-refractivity contribution in [2.75, 3.05) is 7.05 Å². The monoisotopic (exact) mass is 398 g/mol. The van der Waals surface area contributed by atoms with Gasteiger partial charge in [-0.3, -0.25) is 14.5 Å². The Balaban J connectivity index is 0.000000687. The van der Waals surface area contributed by atoms with E-state index in [9.17, 15) is 9.59 Å². The molecule has 0 bridgehead atoms. The summed E-state index contributed by atoms with van der Waals surface area (Å²) in [5.74, 6) is 0.375. The Morgan fingerprint density at radius 2 is 1.28 bits per heavy atom. The number of benzene rings is 2. The minimum Gasteiger partial charge on any atom is -0.328 e. The van der Waals surface area contributed by atoms with Crippen molar-refractivity contribution in [3.05, 3.63) is 81.9 Å². The largest absolute Gasteiger partial charge is 0.328 e. The minimum absolute atomic E-state index is 0.187. The first-order chi connectivity index (χ1) is 13.9. The molecule has 1 heterocycles. The van der Waals surface area contributed by atoms with Crippen molar-refractivity contribution in [3.63, 3.8) is 0 Å². The van der Waals surface area contributed by atoms with Crippen LogP contribution in [-0.4, -0.2) is 45.9 Å². The number of piperidine rings is 1. The molecule has 2 aromatic carbocycles. The molecule has 0 aliphatic carbocycles. The third kappa shape index (κ3) is 7.12. The summed E-state index contributed by atoms with van der Waals surface area (Å²) in [6, 6.07) is 19.4. The molecule has 1 aliphatic heterocycles. The molecule has 0 unspecified atom stereocenters. The normalized spacial score (nSPS) is 18.9. The first kappa shape index (κ1) is 22.2. The number of carbonyl (C=O) groups is 2. The number of rotatable bonds is 6. The molecule has 0 aromatic heterocycles. The second-order valence-corrected chi connectivity index (χ2v) is 7.13. The van der Waals surface area contributed by atoms with Gasteiger partial charge in [-0.2, -0.15) is 0 Å². The molecule has 1 fully saturated rings. The van der Waals surface area contributed by atoms with Crippen molar-refractivity contribution in [2.24, 2.45) is 0 Å². The smallest absolute Gasteiger partial charge is 0.291 e. The molecule has 0 saturated carbocycles. The van der Waals surface area contributed by atoms with Gasteiger partial charge < -0.3 is 5.21 Å². The number of Topliss-reactive ketones (excluding diaryl/α,β-unsaturated/α-hetero) is 2. The van der Waals surface area contributed by atoms with E-state index in [-0.39, 0.29) is 23.7 Å². The van der Waals surface area contributed by atoms with Crippen LogP contribution in [0.3, 0.4) is 0 Å². The van der Waals surface area contributed by atoms with Gasteiger partial charge in [0.1, 0.15) is 0 Å². The SMILES string of the molecule is CN1[C@@H](CC(=O)c2ccccc2)CCC[C@H]1CC(=O)c1ccccc1.O=[N+]([O-])O. The molecule has 0 amide bonds. The number of hydrogen-bond acceptors (Lipinski definition) is 5. The first-order valence-corrected chi connectivity index (χ1v) is 9.60. The molecule has 0 spiro atoms. The lowest BCUT2D eigenvalue weighted by atomic mass is 9.88. The zero-order valence-corrected chi connectivity index (χ0v) is 16.4. The molecule has 1 N–H and O–H groups in total. The molecule has 1 saturated heterocycles. The predicted octanol–water partition coefficient (Wildman–Crippen LogP) is 4.04. The van der Waals surface area contributed by atoms with E-state index in [1.54, 1.807) is 0 Å². The molecule has 2 aromatic rings. The van der Waals surface area contributed by atoms with Gasteiger partial charge in [-0.15, -0.1) is 10.1 Å². The van der Waals surface area contributed by atoms with Crippen LogP contribution in [-0.2, 0) is 0 Å². The third-order valence-electron chi connectivity index (χ3n) is 5.26. The van der Waals surface area contributed by atoms with Crippen LogP contribution in [0.5, 0.6) is 0 Å². The van der Waals surface area contributed by atoms with Crippen LogP contribution < -0.4 is 0 Å². The summed E-state index contributed by atoms with van der Waals surface area (Å²) in [7, 11) is 2.06. The number of ketones is 2. The van der Waals surface area contributed by atoms with Gasteiger partial charge in [-0.25, -0.2) is 0 Å². The van der Waals surface area contributed by atoms with Gasteiger partial charge >= 0.3 is 0 Å². The van der Waals surface area contributed by atoms with Gasteiger partial charge in [0.25, 0.3) is 5.09 Å². The summed E-state index contributed by atoms with van der Waals surface area (Å²) in [5, 5.41) is 13.6. The van der Waals surface area contributed by atoms with Crippen LogP contribution in [0.25, 0.3) is 0 Å². The van der Waals surface area contributed by atoms with E-state index >= 15 is 0 Å². The van der Waals surface area contributed by atoms with Crippen molar-refractivity contribution >= 4 is 11.6 Å². The second-order valence-electron chi connectivity index (χ2n) is 7.13. The molecule has 2 atom stereocenters. The van der Waals surface area contributed by atoms with Crippen molar-refractivity contribution in [3.8, 4) is 0 Å². The van der Waals surface area contributed by atoms with Crippen LogP contribution in [0.15, 0.2) is 60.7 Å². The number of carbonyl (C=O) groups excluding carboxylic acids is 2. The molecule has 0 radical (unpaired) electrons. The molecular formula is C22H26N2O5. The standard InChI is InChI=1S/C22H25NO2.HNO3/c1-23-19(15-21(24)17-9-4-2-5-10-17)13-8-14-20(23)16-22(25)18-11-6-3-7-12-18;2-1(3)4/h2-7,9-12,19-20H,8,13-16H2,1H3;(H,2,3,4)/t19-,20+;. The zero-order valence-electron chi connectivity index (χ0n) is 16.4. The lowest BCUT2D eigenvalue weighted by molar-refractivity contribution is -0.742. The van der Waals surface area contributed by atoms with E-state index in [1.165, 1.54) is 0 Å². The Bertz CT molecular complexity index is 745. The van der Waals surface area contributed by atoms with Crippen LogP contribution in [0, 0.1) is 10.1 Å². The van der Waals surface area contributed by atoms with Gasteiger partial charge in [0.05, 0.1) is 0 Å². The van der Waals surface area contributed by atoms with Crippen LogP contribution >= 0.6 is 0 Å². The maximum absolute atomic E-state index is 12.5. The summed E-state index contributed by atoms with van der Waals surface area (Å²) in [5.41, 5.74) is 1.55. The fraction of sp³-hybridized carbons (Fsp3) is 0.364. The van der Waals surface area contributed by atoms with Crippen LogP contribution in [0.4, 0.5) is 0 Å². The molecule has 1 aliphatic rings. The van der Waals surface area contributed by atoms with E-state index in [1.807, 2.05) is 60.7 Å². The number of nitrogens with zero attached hydrogens (tertiary/aromatic N) is 2. The second kappa shape index (κ2) is 11.1. The van der Waals surface area contributed by atoms with E-state index in [0.29, 0.717) is 12.8 Å². The average Bonchev–Trinajstić information content (AvgIpc) is 2.72. The molecule has 7 heteroatoms. The van der Waals surface area contributed by atoms with Gasteiger partial charge in [-0.05, 0) is 19.9 Å². The van der Waals surface area contributed by atoms with Gasteiger partial charge in [0, 0.05) is 36.1 Å². The molecule has 154 valence electrons. The Morgan fingerprint density at radius 3 is 1.62 bits per heavy atom. The molecule has 7 nitrogen and oxygen atoms in total. The van der Waals surface area contributed by atoms with Gasteiger partial charge in [0.2, 0.25) is 0 Å². The summed E-state index contributed by atoms with van der Waals surface area (Å²) in [4.78, 5) is 35.6. The highest BCUT2D eigenvalue weighted by atomic mass is 16.9. The number of hydrogen-bond donors (Lipinski definition) is 1. The third-order valence-corrected chi connectivity index (χ3v) is 5.26. The summed E-state index contributed by atoms with van der Waals surface area (Å²) >= 11 is 0. The lowest BCUT2D eigenvalue weighted by Gasteiger charge is -2.39. The Morgan fingerprint density at radius 1 is 0.931 bits per heavy atom. The summed E-state index contributed by atoms with van der Waals surface area (Å²) in [6.07, 6.45) is 4.16. The van der Waals surface area contributed by atoms with E-state index in [4.69, 9.17) is 15.3 Å². The van der Waals surface area contributed by atoms with E-state index in [0.717, 1.165) is 30.4 Å². The number of likely N-dealkylation sites (tertiary alicyclic amines) is 1. The maximum atomic E-state index is 12.5. The Kier molecular flexibility index (Phi) is 8.48. The van der Waals surface area contributed by atoms with E-state index < -0.39 is 5.09 Å². The fourth-order valence-corrected chi connectivity index (χ4v) is 3.70. The summed E-state index contributed by atoms with van der Waals surface area (Å²) < 4.78 is 0. The highest BCUT2D eigenvalue weighted by Gasteiger charge is 2.30. The van der Waals surface area contributed by atoms with Crippen LogP contribution in [0.1, 0.15) is 52.8 Å². The highest BCUT2D eigenvalue weighted by Crippen LogP contribution is 2.27. The predicted molar refractivity (Wildman–Crippen MR) is 109 cm³/mol. The van der Waals surface area contributed by atoms with Crippen molar-refractivity contribution in [1.29, 1.82) is 0 Å². The topological polar surface area (TPSA) is 101 Å². The zero-order chi connectivity index (χ0) is 21.2. The van der Waals surface area contributed by atoms with Crippen molar-refractivity contribution < 1.29 is 19.9 Å². The van der Waals surface area contributed by atoms with Crippen molar-refractivity contribution in [1.82, 2.24) is 4.90 Å². The Hall–Kier alpha value is -3.06. The van der Waals surface area contributed by atoms with Crippen LogP contribution in [0.2, 0.25) is 0 Å².